The molecule has 4 heteroatoms. The summed E-state index contributed by atoms with van der Waals surface area (Å²) in [6.45, 7) is 9.90. The Labute approximate surface area is 92.2 Å². The summed E-state index contributed by atoms with van der Waals surface area (Å²) in [5.74, 6) is 0.138. The van der Waals surface area contributed by atoms with E-state index in [-0.39, 0.29) is 12.5 Å². The standard InChI is InChI=1S/C11H22N2O2/c1-3-9-15-10-11(14)13-7-5-12(4-2)6-8-13/h3-10H2,1-2H3. The fraction of sp³-hybridized carbons (Fsp3) is 0.909. The maximum atomic E-state index is 11.7. The highest BCUT2D eigenvalue weighted by atomic mass is 16.5. The molecule has 1 amide bonds. The third-order valence-electron chi connectivity index (χ3n) is 2.75. The second-order valence-electron chi connectivity index (χ2n) is 3.87. The first-order valence-electron chi connectivity index (χ1n) is 5.85. The van der Waals surface area contributed by atoms with Crippen molar-refractivity contribution < 1.29 is 9.53 Å². The van der Waals surface area contributed by atoms with Crippen LogP contribution in [0.5, 0.6) is 0 Å². The zero-order valence-corrected chi connectivity index (χ0v) is 9.87. The SMILES string of the molecule is CCCOCC(=O)N1CCN(CC)CC1. The van der Waals surface area contributed by atoms with Crippen LogP contribution < -0.4 is 0 Å². The number of amides is 1. The van der Waals surface area contributed by atoms with Crippen LogP contribution in [-0.4, -0.2) is 61.6 Å². The quantitative estimate of drug-likeness (QED) is 0.628. The molecular weight excluding hydrogens is 192 g/mol. The molecule has 0 aromatic rings. The molecule has 88 valence electrons. The van der Waals surface area contributed by atoms with Gasteiger partial charge in [-0.15, -0.1) is 0 Å². The van der Waals surface area contributed by atoms with Gasteiger partial charge in [0.25, 0.3) is 0 Å². The molecule has 4 nitrogen and oxygen atoms in total. The Balaban J connectivity index is 2.18. The molecule has 0 atom stereocenters. The van der Waals surface area contributed by atoms with Crippen LogP contribution in [0.25, 0.3) is 0 Å². The van der Waals surface area contributed by atoms with Gasteiger partial charge in [0.1, 0.15) is 6.61 Å². The van der Waals surface area contributed by atoms with E-state index in [4.69, 9.17) is 4.74 Å². The number of hydrogen-bond acceptors (Lipinski definition) is 3. The van der Waals surface area contributed by atoms with Crippen LogP contribution in [0.15, 0.2) is 0 Å². The average molecular weight is 214 g/mol. The molecule has 0 spiro atoms. The van der Waals surface area contributed by atoms with Crippen molar-refractivity contribution in [1.29, 1.82) is 0 Å². The second kappa shape index (κ2) is 6.80. The van der Waals surface area contributed by atoms with Crippen LogP contribution >= 0.6 is 0 Å². The van der Waals surface area contributed by atoms with Gasteiger partial charge in [-0.1, -0.05) is 13.8 Å². The molecule has 0 aliphatic carbocycles. The van der Waals surface area contributed by atoms with Crippen LogP contribution in [0.2, 0.25) is 0 Å². The number of likely N-dealkylation sites (N-methyl/N-ethyl adjacent to an activating group) is 1. The minimum absolute atomic E-state index is 0.138. The average Bonchev–Trinajstić information content (AvgIpc) is 2.29. The van der Waals surface area contributed by atoms with Crippen molar-refractivity contribution in [2.24, 2.45) is 0 Å². The highest BCUT2D eigenvalue weighted by Crippen LogP contribution is 2.01. The van der Waals surface area contributed by atoms with E-state index >= 15 is 0 Å². The molecule has 0 aromatic carbocycles. The Morgan fingerprint density at radius 3 is 2.40 bits per heavy atom. The van der Waals surface area contributed by atoms with Crippen molar-refractivity contribution in [3.8, 4) is 0 Å². The van der Waals surface area contributed by atoms with E-state index in [1.54, 1.807) is 0 Å². The lowest BCUT2D eigenvalue weighted by Gasteiger charge is -2.33. The van der Waals surface area contributed by atoms with Gasteiger partial charge in [-0.2, -0.15) is 0 Å². The zero-order chi connectivity index (χ0) is 11.1. The van der Waals surface area contributed by atoms with Crippen LogP contribution in [0.4, 0.5) is 0 Å². The summed E-state index contributed by atoms with van der Waals surface area (Å²) < 4.78 is 5.25. The molecule has 0 bridgehead atoms. The summed E-state index contributed by atoms with van der Waals surface area (Å²) in [5, 5.41) is 0. The van der Waals surface area contributed by atoms with Gasteiger partial charge in [-0.05, 0) is 13.0 Å². The van der Waals surface area contributed by atoms with Crippen molar-refractivity contribution in [2.45, 2.75) is 20.3 Å². The Bertz CT molecular complexity index is 189. The van der Waals surface area contributed by atoms with Crippen LogP contribution in [-0.2, 0) is 9.53 Å². The summed E-state index contributed by atoms with van der Waals surface area (Å²) >= 11 is 0. The fourth-order valence-corrected chi connectivity index (χ4v) is 1.71. The van der Waals surface area contributed by atoms with Gasteiger partial charge >= 0.3 is 0 Å². The summed E-state index contributed by atoms with van der Waals surface area (Å²) in [4.78, 5) is 15.9. The van der Waals surface area contributed by atoms with Crippen LogP contribution in [0.3, 0.4) is 0 Å². The third-order valence-corrected chi connectivity index (χ3v) is 2.75. The summed E-state index contributed by atoms with van der Waals surface area (Å²) in [6, 6.07) is 0. The van der Waals surface area contributed by atoms with Crippen molar-refractivity contribution in [1.82, 2.24) is 9.80 Å². The topological polar surface area (TPSA) is 32.8 Å². The van der Waals surface area contributed by atoms with E-state index < -0.39 is 0 Å². The van der Waals surface area contributed by atoms with Gasteiger partial charge in [-0.25, -0.2) is 0 Å². The minimum Gasteiger partial charge on any atom is -0.372 e. The lowest BCUT2D eigenvalue weighted by molar-refractivity contribution is -0.137. The number of carbonyl (C=O) groups excluding carboxylic acids is 1. The molecule has 1 aliphatic rings. The van der Waals surface area contributed by atoms with E-state index in [2.05, 4.69) is 11.8 Å². The smallest absolute Gasteiger partial charge is 0.248 e. The predicted octanol–water partition coefficient (Wildman–Crippen LogP) is 0.577. The molecule has 0 aromatic heterocycles. The van der Waals surface area contributed by atoms with Gasteiger partial charge in [0.2, 0.25) is 5.91 Å². The first-order valence-corrected chi connectivity index (χ1v) is 5.85. The number of piperazine rings is 1. The number of nitrogens with zero attached hydrogens (tertiary/aromatic N) is 2. The van der Waals surface area contributed by atoms with Gasteiger partial charge in [0, 0.05) is 32.8 Å². The van der Waals surface area contributed by atoms with Crippen molar-refractivity contribution in [2.75, 3.05) is 45.9 Å². The number of ether oxygens (including phenoxy) is 1. The molecular formula is C11H22N2O2. The number of carbonyl (C=O) groups is 1. The molecule has 0 unspecified atom stereocenters. The molecule has 0 saturated carbocycles. The lowest BCUT2D eigenvalue weighted by atomic mass is 10.3. The fourth-order valence-electron chi connectivity index (χ4n) is 1.71. The van der Waals surface area contributed by atoms with Gasteiger partial charge in [0.05, 0.1) is 0 Å². The lowest BCUT2D eigenvalue weighted by Crippen LogP contribution is -2.49. The van der Waals surface area contributed by atoms with Crippen LogP contribution in [0.1, 0.15) is 20.3 Å². The first kappa shape index (κ1) is 12.5. The molecule has 0 radical (unpaired) electrons. The van der Waals surface area contributed by atoms with Crippen molar-refractivity contribution in [3.05, 3.63) is 0 Å². The number of hydrogen-bond donors (Lipinski definition) is 0. The van der Waals surface area contributed by atoms with Gasteiger partial charge in [-0.3, -0.25) is 4.79 Å². The number of rotatable bonds is 5. The highest BCUT2D eigenvalue weighted by Gasteiger charge is 2.19. The Morgan fingerprint density at radius 2 is 1.87 bits per heavy atom. The molecule has 1 fully saturated rings. The predicted molar refractivity (Wildman–Crippen MR) is 59.8 cm³/mol. The molecule has 1 heterocycles. The molecule has 1 aliphatic heterocycles. The van der Waals surface area contributed by atoms with Crippen LogP contribution in [0, 0.1) is 0 Å². The van der Waals surface area contributed by atoms with E-state index in [9.17, 15) is 4.79 Å². The molecule has 1 rings (SSSR count). The zero-order valence-electron chi connectivity index (χ0n) is 9.87. The largest absolute Gasteiger partial charge is 0.372 e. The van der Waals surface area contributed by atoms with Crippen molar-refractivity contribution in [3.63, 3.8) is 0 Å². The summed E-state index contributed by atoms with van der Waals surface area (Å²) in [7, 11) is 0. The maximum absolute atomic E-state index is 11.7. The Morgan fingerprint density at radius 1 is 1.20 bits per heavy atom. The van der Waals surface area contributed by atoms with E-state index in [0.29, 0.717) is 6.61 Å². The van der Waals surface area contributed by atoms with Crippen molar-refractivity contribution >= 4 is 5.91 Å². The normalized spacial score (nSPS) is 18.1. The molecule has 1 saturated heterocycles. The monoisotopic (exact) mass is 214 g/mol. The third kappa shape index (κ3) is 4.18. The summed E-state index contributed by atoms with van der Waals surface area (Å²) in [5.41, 5.74) is 0. The molecule has 0 N–H and O–H groups in total. The van der Waals surface area contributed by atoms with Gasteiger partial charge < -0.3 is 14.5 Å². The van der Waals surface area contributed by atoms with E-state index in [1.165, 1.54) is 0 Å². The van der Waals surface area contributed by atoms with E-state index in [1.807, 2.05) is 11.8 Å². The van der Waals surface area contributed by atoms with Gasteiger partial charge in [0.15, 0.2) is 0 Å². The van der Waals surface area contributed by atoms with E-state index in [0.717, 1.165) is 39.1 Å². The maximum Gasteiger partial charge on any atom is 0.248 e. The first-order chi connectivity index (χ1) is 7.27. The molecule has 15 heavy (non-hydrogen) atoms. The Kier molecular flexibility index (Phi) is 5.65. The second-order valence-corrected chi connectivity index (χ2v) is 3.87. The minimum atomic E-state index is 0.138. The highest BCUT2D eigenvalue weighted by molar-refractivity contribution is 5.77. The Hall–Kier alpha value is -0.610. The summed E-state index contributed by atoms with van der Waals surface area (Å²) in [6.07, 6.45) is 0.969.